The van der Waals surface area contributed by atoms with Crippen LogP contribution in [0.1, 0.15) is 6.42 Å². The van der Waals surface area contributed by atoms with Gasteiger partial charge in [-0.15, -0.1) is 0 Å². The highest BCUT2D eigenvalue weighted by Gasteiger charge is 2.16. The molecule has 0 spiro atoms. The van der Waals surface area contributed by atoms with Crippen molar-refractivity contribution in [3.8, 4) is 0 Å². The lowest BCUT2D eigenvalue weighted by atomic mass is 10.2. The van der Waals surface area contributed by atoms with Crippen molar-refractivity contribution in [2.75, 3.05) is 0 Å². The lowest BCUT2D eigenvalue weighted by molar-refractivity contribution is -0.157. The maximum absolute atomic E-state index is 10.1. The second-order valence-corrected chi connectivity index (χ2v) is 1.87. The molecule has 0 radical (unpaired) electrons. The zero-order chi connectivity index (χ0) is 8.85. The Hall–Kier alpha value is -1.14. The van der Waals surface area contributed by atoms with Gasteiger partial charge in [0.25, 0.3) is 6.47 Å². The number of carboxylic acid groups (broad SMARTS) is 1. The van der Waals surface area contributed by atoms with E-state index in [0.717, 1.165) is 0 Å². The number of aliphatic hydroxyl groups excluding tert-OH is 1. The van der Waals surface area contributed by atoms with Crippen LogP contribution in [0.2, 0.25) is 0 Å². The molecule has 1 unspecified atom stereocenters. The second-order valence-electron chi connectivity index (χ2n) is 1.87. The summed E-state index contributed by atoms with van der Waals surface area (Å²) in [7, 11) is 0. The number of carbonyl (C=O) groups is 2. The molecular formula is C5H9NO5. The van der Waals surface area contributed by atoms with E-state index >= 15 is 0 Å². The Morgan fingerprint density at radius 1 is 1.73 bits per heavy atom. The SMILES string of the molecule is N[C@@H](CC(O)OC=O)C(=O)O. The van der Waals surface area contributed by atoms with Crippen LogP contribution in [-0.2, 0) is 14.3 Å². The molecule has 0 aliphatic carbocycles. The van der Waals surface area contributed by atoms with Crippen molar-refractivity contribution in [3.05, 3.63) is 0 Å². The van der Waals surface area contributed by atoms with Gasteiger partial charge in [-0.05, 0) is 0 Å². The normalized spacial score (nSPS) is 15.1. The van der Waals surface area contributed by atoms with Crippen molar-refractivity contribution >= 4 is 12.4 Å². The van der Waals surface area contributed by atoms with Gasteiger partial charge in [-0.25, -0.2) is 0 Å². The monoisotopic (exact) mass is 163 g/mol. The Morgan fingerprint density at radius 3 is 2.64 bits per heavy atom. The van der Waals surface area contributed by atoms with E-state index in [4.69, 9.17) is 15.9 Å². The molecule has 6 heteroatoms. The fourth-order valence-electron chi connectivity index (χ4n) is 0.438. The minimum absolute atomic E-state index is 0.0270. The van der Waals surface area contributed by atoms with Gasteiger partial charge in [0.05, 0.1) is 0 Å². The molecule has 2 atom stereocenters. The first-order valence-electron chi connectivity index (χ1n) is 2.83. The zero-order valence-corrected chi connectivity index (χ0v) is 5.64. The lowest BCUT2D eigenvalue weighted by Gasteiger charge is -2.10. The van der Waals surface area contributed by atoms with Crippen molar-refractivity contribution < 1.29 is 24.5 Å². The zero-order valence-electron chi connectivity index (χ0n) is 5.64. The second kappa shape index (κ2) is 4.64. The third-order valence-corrected chi connectivity index (χ3v) is 0.985. The van der Waals surface area contributed by atoms with E-state index in [0.29, 0.717) is 0 Å². The van der Waals surface area contributed by atoms with Gasteiger partial charge in [-0.3, -0.25) is 9.59 Å². The highest BCUT2D eigenvalue weighted by molar-refractivity contribution is 5.73. The summed E-state index contributed by atoms with van der Waals surface area (Å²) in [4.78, 5) is 19.7. The summed E-state index contributed by atoms with van der Waals surface area (Å²) in [6.45, 7) is 0.0270. The Labute approximate surface area is 62.6 Å². The predicted molar refractivity (Wildman–Crippen MR) is 33.4 cm³/mol. The number of carbonyl (C=O) groups excluding carboxylic acids is 1. The van der Waals surface area contributed by atoms with Crippen molar-refractivity contribution in [3.63, 3.8) is 0 Å². The molecule has 0 aromatic heterocycles. The Kier molecular flexibility index (Phi) is 4.16. The lowest BCUT2D eigenvalue weighted by Crippen LogP contribution is -2.34. The summed E-state index contributed by atoms with van der Waals surface area (Å²) in [6.07, 6.45) is -1.76. The van der Waals surface area contributed by atoms with Crippen LogP contribution in [0.15, 0.2) is 0 Å². The number of rotatable bonds is 5. The van der Waals surface area contributed by atoms with Gasteiger partial charge in [-0.2, -0.15) is 0 Å². The standard InChI is InChI=1S/C5H9NO5/c6-3(5(9)10)1-4(8)11-2-7/h2-4,8H,1,6H2,(H,9,10)/t3-,4?/m0/s1. The first-order chi connectivity index (χ1) is 5.07. The highest BCUT2D eigenvalue weighted by Crippen LogP contribution is 1.96. The number of nitrogens with two attached hydrogens (primary N) is 1. The van der Waals surface area contributed by atoms with Gasteiger partial charge in [-0.1, -0.05) is 0 Å². The van der Waals surface area contributed by atoms with Gasteiger partial charge >= 0.3 is 5.97 Å². The summed E-state index contributed by atoms with van der Waals surface area (Å²) < 4.78 is 3.99. The van der Waals surface area contributed by atoms with Crippen LogP contribution in [0, 0.1) is 0 Å². The van der Waals surface area contributed by atoms with Gasteiger partial charge in [0.1, 0.15) is 6.04 Å². The summed E-state index contributed by atoms with van der Waals surface area (Å²) in [6, 6.07) is -1.22. The van der Waals surface area contributed by atoms with E-state index in [9.17, 15) is 9.59 Å². The Morgan fingerprint density at radius 2 is 2.27 bits per heavy atom. The summed E-state index contributed by atoms with van der Waals surface area (Å²) in [5, 5.41) is 16.9. The van der Waals surface area contributed by atoms with Crippen molar-refractivity contribution in [2.24, 2.45) is 5.73 Å². The molecule has 0 aliphatic heterocycles. The molecule has 0 saturated carbocycles. The molecule has 64 valence electrons. The summed E-state index contributed by atoms with van der Waals surface area (Å²) >= 11 is 0. The van der Waals surface area contributed by atoms with E-state index in [-0.39, 0.29) is 12.9 Å². The van der Waals surface area contributed by atoms with Crippen molar-refractivity contribution in [2.45, 2.75) is 18.8 Å². The highest BCUT2D eigenvalue weighted by atomic mass is 16.6. The number of hydrogen-bond acceptors (Lipinski definition) is 5. The molecule has 11 heavy (non-hydrogen) atoms. The van der Waals surface area contributed by atoms with Crippen molar-refractivity contribution in [1.29, 1.82) is 0 Å². The van der Waals surface area contributed by atoms with Gasteiger partial charge in [0.15, 0.2) is 0 Å². The molecule has 0 aromatic carbocycles. The molecule has 0 aromatic rings. The topological polar surface area (TPSA) is 110 Å². The van der Waals surface area contributed by atoms with Gasteiger partial charge in [0, 0.05) is 6.42 Å². The van der Waals surface area contributed by atoms with Crippen LogP contribution in [-0.4, -0.2) is 35.0 Å². The van der Waals surface area contributed by atoms with Crippen LogP contribution in [0.25, 0.3) is 0 Å². The van der Waals surface area contributed by atoms with E-state index in [1.807, 2.05) is 0 Å². The number of ether oxygens (including phenoxy) is 1. The predicted octanol–water partition coefficient (Wildman–Crippen LogP) is -1.72. The molecule has 0 rings (SSSR count). The third kappa shape index (κ3) is 4.29. The van der Waals surface area contributed by atoms with E-state index in [2.05, 4.69) is 4.74 Å². The van der Waals surface area contributed by atoms with Crippen molar-refractivity contribution in [1.82, 2.24) is 0 Å². The third-order valence-electron chi connectivity index (χ3n) is 0.985. The van der Waals surface area contributed by atoms with Crippen LogP contribution >= 0.6 is 0 Å². The van der Waals surface area contributed by atoms with Crippen LogP contribution < -0.4 is 5.73 Å². The van der Waals surface area contributed by atoms with Crippen LogP contribution in [0.4, 0.5) is 0 Å². The molecular weight excluding hydrogens is 154 g/mol. The quantitative estimate of drug-likeness (QED) is 0.328. The number of aliphatic carboxylic acids is 1. The molecule has 0 aliphatic rings. The average molecular weight is 163 g/mol. The Balaban J connectivity index is 3.64. The molecule has 0 bridgehead atoms. The fraction of sp³-hybridized carbons (Fsp3) is 0.600. The maximum Gasteiger partial charge on any atom is 0.320 e. The molecule has 0 fully saturated rings. The van der Waals surface area contributed by atoms with E-state index in [1.165, 1.54) is 0 Å². The van der Waals surface area contributed by atoms with Gasteiger partial charge < -0.3 is 20.7 Å². The maximum atomic E-state index is 10.1. The Bertz CT molecular complexity index is 148. The van der Waals surface area contributed by atoms with Crippen LogP contribution in [0.5, 0.6) is 0 Å². The van der Waals surface area contributed by atoms with Gasteiger partial charge in [0.2, 0.25) is 6.29 Å². The van der Waals surface area contributed by atoms with Crippen LogP contribution in [0.3, 0.4) is 0 Å². The molecule has 0 amide bonds. The fourth-order valence-corrected chi connectivity index (χ4v) is 0.438. The van der Waals surface area contributed by atoms with E-state index in [1.54, 1.807) is 0 Å². The first-order valence-corrected chi connectivity index (χ1v) is 2.83. The van der Waals surface area contributed by atoms with E-state index < -0.39 is 18.3 Å². The molecule has 0 heterocycles. The smallest absolute Gasteiger partial charge is 0.320 e. The number of carboxylic acids is 1. The number of aliphatic hydroxyl groups is 1. The minimum Gasteiger partial charge on any atom is -0.480 e. The first kappa shape index (κ1) is 9.86. The molecule has 4 N–H and O–H groups in total. The largest absolute Gasteiger partial charge is 0.480 e. The molecule has 6 nitrogen and oxygen atoms in total. The average Bonchev–Trinajstić information content (AvgIpc) is 1.87. The minimum atomic E-state index is -1.45. The summed E-state index contributed by atoms with van der Waals surface area (Å²) in [5.74, 6) is -1.25. The number of hydrogen-bond donors (Lipinski definition) is 3. The molecule has 0 saturated heterocycles. The summed E-state index contributed by atoms with van der Waals surface area (Å²) in [5.41, 5.74) is 4.99.